The minimum absolute atomic E-state index is 0.0262. The average Bonchev–Trinajstić information content (AvgIpc) is 2.40. The SMILES string of the molecule is CCC(CCO)CNC(=O)COc1cc(C)cc(C)c1. The van der Waals surface area contributed by atoms with Crippen molar-refractivity contribution in [2.45, 2.75) is 33.6 Å². The number of benzene rings is 1. The largest absolute Gasteiger partial charge is 0.484 e. The van der Waals surface area contributed by atoms with Crippen LogP contribution < -0.4 is 10.1 Å². The molecule has 4 nitrogen and oxygen atoms in total. The second-order valence-electron chi connectivity index (χ2n) is 5.20. The molecular weight excluding hydrogens is 254 g/mol. The first kappa shape index (κ1) is 16.5. The van der Waals surface area contributed by atoms with E-state index >= 15 is 0 Å². The molecule has 0 heterocycles. The van der Waals surface area contributed by atoms with Crippen LogP contribution in [0.15, 0.2) is 18.2 Å². The Bertz CT molecular complexity index is 411. The smallest absolute Gasteiger partial charge is 0.257 e. The number of carbonyl (C=O) groups excluding carboxylic acids is 1. The van der Waals surface area contributed by atoms with Crippen LogP contribution in [0.25, 0.3) is 0 Å². The molecule has 0 aliphatic carbocycles. The number of hydrogen-bond donors (Lipinski definition) is 2. The van der Waals surface area contributed by atoms with E-state index in [1.54, 1.807) is 0 Å². The lowest BCUT2D eigenvalue weighted by atomic mass is 10.0. The highest BCUT2D eigenvalue weighted by atomic mass is 16.5. The Kier molecular flexibility index (Phi) is 7.09. The zero-order valence-corrected chi connectivity index (χ0v) is 12.6. The molecule has 20 heavy (non-hydrogen) atoms. The van der Waals surface area contributed by atoms with E-state index in [1.807, 2.05) is 26.0 Å². The number of aliphatic hydroxyl groups is 1. The molecule has 1 rings (SSSR count). The summed E-state index contributed by atoms with van der Waals surface area (Å²) in [5.41, 5.74) is 2.24. The van der Waals surface area contributed by atoms with Crippen molar-refractivity contribution in [2.24, 2.45) is 5.92 Å². The van der Waals surface area contributed by atoms with Crippen LogP contribution >= 0.6 is 0 Å². The molecule has 0 aliphatic heterocycles. The van der Waals surface area contributed by atoms with Crippen molar-refractivity contribution in [3.05, 3.63) is 29.3 Å². The van der Waals surface area contributed by atoms with Gasteiger partial charge in [0.15, 0.2) is 6.61 Å². The van der Waals surface area contributed by atoms with Gasteiger partial charge in [0.2, 0.25) is 0 Å². The molecule has 0 radical (unpaired) electrons. The van der Waals surface area contributed by atoms with Crippen molar-refractivity contribution in [3.63, 3.8) is 0 Å². The number of aryl methyl sites for hydroxylation is 2. The maximum atomic E-state index is 11.7. The van der Waals surface area contributed by atoms with Gasteiger partial charge in [0.25, 0.3) is 5.91 Å². The maximum Gasteiger partial charge on any atom is 0.257 e. The molecule has 1 aromatic rings. The van der Waals surface area contributed by atoms with E-state index in [1.165, 1.54) is 0 Å². The van der Waals surface area contributed by atoms with Gasteiger partial charge in [-0.1, -0.05) is 19.4 Å². The first-order valence-electron chi connectivity index (χ1n) is 7.13. The van der Waals surface area contributed by atoms with Crippen LogP contribution in [0.2, 0.25) is 0 Å². The fourth-order valence-corrected chi connectivity index (χ4v) is 2.11. The summed E-state index contributed by atoms with van der Waals surface area (Å²) in [5, 5.41) is 11.7. The Balaban J connectivity index is 2.35. The summed E-state index contributed by atoms with van der Waals surface area (Å²) < 4.78 is 5.49. The summed E-state index contributed by atoms with van der Waals surface area (Å²) in [4.78, 5) is 11.7. The van der Waals surface area contributed by atoms with E-state index in [9.17, 15) is 4.79 Å². The normalized spacial score (nSPS) is 12.0. The van der Waals surface area contributed by atoms with Gasteiger partial charge in [0, 0.05) is 13.2 Å². The lowest BCUT2D eigenvalue weighted by Gasteiger charge is -2.14. The lowest BCUT2D eigenvalue weighted by molar-refractivity contribution is -0.123. The number of amides is 1. The van der Waals surface area contributed by atoms with Crippen molar-refractivity contribution >= 4 is 5.91 Å². The number of ether oxygens (including phenoxy) is 1. The van der Waals surface area contributed by atoms with Gasteiger partial charge in [-0.2, -0.15) is 0 Å². The van der Waals surface area contributed by atoms with Crippen molar-refractivity contribution in [3.8, 4) is 5.75 Å². The quantitative estimate of drug-likeness (QED) is 0.767. The fraction of sp³-hybridized carbons (Fsp3) is 0.562. The second kappa shape index (κ2) is 8.59. The molecule has 4 heteroatoms. The van der Waals surface area contributed by atoms with Crippen molar-refractivity contribution < 1.29 is 14.6 Å². The molecule has 0 fully saturated rings. The first-order chi connectivity index (χ1) is 9.55. The molecule has 1 unspecified atom stereocenters. The monoisotopic (exact) mass is 279 g/mol. The highest BCUT2D eigenvalue weighted by molar-refractivity contribution is 5.77. The molecule has 1 aromatic carbocycles. The van der Waals surface area contributed by atoms with E-state index < -0.39 is 0 Å². The number of hydrogen-bond acceptors (Lipinski definition) is 3. The van der Waals surface area contributed by atoms with Crippen LogP contribution in [0.3, 0.4) is 0 Å². The molecular formula is C16H25NO3. The minimum Gasteiger partial charge on any atom is -0.484 e. The van der Waals surface area contributed by atoms with Crippen molar-refractivity contribution in [1.29, 1.82) is 0 Å². The molecule has 0 aromatic heterocycles. The lowest BCUT2D eigenvalue weighted by Crippen LogP contribution is -2.33. The Morgan fingerprint density at radius 2 is 1.95 bits per heavy atom. The van der Waals surface area contributed by atoms with Gasteiger partial charge in [-0.05, 0) is 49.4 Å². The predicted octanol–water partition coefficient (Wildman–Crippen LogP) is 2.21. The van der Waals surface area contributed by atoms with Gasteiger partial charge in [0.05, 0.1) is 0 Å². The highest BCUT2D eigenvalue weighted by Crippen LogP contribution is 2.15. The summed E-state index contributed by atoms with van der Waals surface area (Å²) in [6.45, 7) is 6.83. The Hall–Kier alpha value is -1.55. The van der Waals surface area contributed by atoms with Gasteiger partial charge in [-0.25, -0.2) is 0 Å². The van der Waals surface area contributed by atoms with E-state index in [0.717, 1.165) is 23.3 Å². The third kappa shape index (κ3) is 6.06. The molecule has 0 saturated carbocycles. The topological polar surface area (TPSA) is 58.6 Å². The zero-order valence-electron chi connectivity index (χ0n) is 12.6. The molecule has 0 bridgehead atoms. The van der Waals surface area contributed by atoms with E-state index in [2.05, 4.69) is 18.3 Å². The van der Waals surface area contributed by atoms with Crippen LogP contribution in [-0.4, -0.2) is 30.8 Å². The molecule has 1 amide bonds. The Morgan fingerprint density at radius 3 is 2.50 bits per heavy atom. The second-order valence-corrected chi connectivity index (χ2v) is 5.20. The summed E-state index contributed by atoms with van der Waals surface area (Å²) in [5.74, 6) is 0.922. The van der Waals surface area contributed by atoms with Crippen LogP contribution in [0, 0.1) is 19.8 Å². The summed E-state index contributed by atoms with van der Waals surface area (Å²) >= 11 is 0. The molecule has 2 N–H and O–H groups in total. The number of rotatable bonds is 8. The zero-order chi connectivity index (χ0) is 15.0. The minimum atomic E-state index is -0.124. The van der Waals surface area contributed by atoms with Crippen molar-refractivity contribution in [2.75, 3.05) is 19.8 Å². The number of aliphatic hydroxyl groups excluding tert-OH is 1. The third-order valence-electron chi connectivity index (χ3n) is 3.27. The fourth-order valence-electron chi connectivity index (χ4n) is 2.11. The van der Waals surface area contributed by atoms with Crippen LogP contribution in [0.5, 0.6) is 5.75 Å². The summed E-state index contributed by atoms with van der Waals surface area (Å²) in [7, 11) is 0. The standard InChI is InChI=1S/C16H25NO3/c1-4-14(5-6-18)10-17-16(19)11-20-15-8-12(2)7-13(3)9-15/h7-9,14,18H,4-6,10-11H2,1-3H3,(H,17,19). The summed E-state index contributed by atoms with van der Waals surface area (Å²) in [6.07, 6.45) is 1.66. The molecule has 0 saturated heterocycles. The van der Waals surface area contributed by atoms with E-state index in [-0.39, 0.29) is 19.1 Å². The van der Waals surface area contributed by atoms with Crippen molar-refractivity contribution in [1.82, 2.24) is 5.32 Å². The van der Waals surface area contributed by atoms with Crippen LogP contribution in [0.4, 0.5) is 0 Å². The van der Waals surface area contributed by atoms with Gasteiger partial charge < -0.3 is 15.2 Å². The third-order valence-corrected chi connectivity index (χ3v) is 3.27. The van der Waals surface area contributed by atoms with E-state index in [0.29, 0.717) is 18.9 Å². The summed E-state index contributed by atoms with van der Waals surface area (Å²) in [6, 6.07) is 5.90. The van der Waals surface area contributed by atoms with Crippen LogP contribution in [0.1, 0.15) is 30.9 Å². The number of nitrogens with one attached hydrogen (secondary N) is 1. The highest BCUT2D eigenvalue weighted by Gasteiger charge is 2.08. The van der Waals surface area contributed by atoms with E-state index in [4.69, 9.17) is 9.84 Å². The van der Waals surface area contributed by atoms with Gasteiger partial charge in [0.1, 0.15) is 5.75 Å². The molecule has 1 atom stereocenters. The number of carbonyl (C=O) groups is 1. The maximum absolute atomic E-state index is 11.7. The molecule has 112 valence electrons. The van der Waals surface area contributed by atoms with Crippen LogP contribution in [-0.2, 0) is 4.79 Å². The molecule has 0 aliphatic rings. The Labute approximate surface area is 121 Å². The Morgan fingerprint density at radius 1 is 1.30 bits per heavy atom. The van der Waals surface area contributed by atoms with Gasteiger partial charge in [-0.15, -0.1) is 0 Å². The average molecular weight is 279 g/mol. The van der Waals surface area contributed by atoms with Gasteiger partial charge in [-0.3, -0.25) is 4.79 Å². The molecule has 0 spiro atoms. The predicted molar refractivity (Wildman–Crippen MR) is 79.9 cm³/mol. The first-order valence-corrected chi connectivity index (χ1v) is 7.13. The van der Waals surface area contributed by atoms with Gasteiger partial charge >= 0.3 is 0 Å².